The molecule has 2 aromatic heterocycles. The number of primary amides is 1. The molecule has 0 spiro atoms. The van der Waals surface area contributed by atoms with E-state index in [-0.39, 0.29) is 18.1 Å². The Bertz CT molecular complexity index is 1570. The lowest BCUT2D eigenvalue weighted by molar-refractivity contribution is -0.133. The molecule has 3 heterocycles. The van der Waals surface area contributed by atoms with E-state index in [4.69, 9.17) is 5.73 Å². The molecule has 0 unspecified atom stereocenters. The number of benzene rings is 1. The van der Waals surface area contributed by atoms with Gasteiger partial charge in [-0.3, -0.25) is 24.1 Å². The number of likely N-dealkylation sites (tertiary alicyclic amines) is 1. The lowest BCUT2D eigenvalue weighted by Crippen LogP contribution is -2.59. The number of hydrogen-bond donors (Lipinski definition) is 5. The monoisotopic (exact) mass is 662 g/mol. The van der Waals surface area contributed by atoms with Crippen LogP contribution in [0.5, 0.6) is 0 Å². The maximum atomic E-state index is 13.7. The Hall–Kier alpha value is -3.87. The summed E-state index contributed by atoms with van der Waals surface area (Å²) < 4.78 is 0. The second-order valence-corrected chi connectivity index (χ2v) is 14.9. The second kappa shape index (κ2) is 14.9. The third-order valence-electron chi connectivity index (χ3n) is 9.12. The molecule has 1 aromatic carbocycles. The number of nitrogens with one attached hydrogen (secondary N) is 3. The molecule has 1 aliphatic carbocycles. The van der Waals surface area contributed by atoms with Gasteiger partial charge in [0.15, 0.2) is 0 Å². The summed E-state index contributed by atoms with van der Waals surface area (Å²) in [4.78, 5) is 59.7. The smallest absolute Gasteiger partial charge is 0.270 e. The van der Waals surface area contributed by atoms with Crippen LogP contribution in [0.1, 0.15) is 80.7 Å². The van der Waals surface area contributed by atoms with Crippen LogP contribution in [0.25, 0.3) is 10.9 Å². The van der Waals surface area contributed by atoms with Crippen molar-refractivity contribution in [2.24, 2.45) is 17.6 Å². The summed E-state index contributed by atoms with van der Waals surface area (Å²) in [6.07, 6.45) is 3.73. The molecule has 252 valence electrons. The SMILES string of the molecule is CC(C)(C)NC(=O)[C@@H]1C[C@@H]2CCCC[C@@H]2CN1C[C@@H](O)[C@@H](NC(=O)[C@H](CC(N)=O)NC(=O)c1ccc2ccccc2n1)c1cccs1. The molecule has 5 rings (SSSR count). The summed E-state index contributed by atoms with van der Waals surface area (Å²) in [5.41, 5.74) is 5.79. The van der Waals surface area contributed by atoms with E-state index in [1.165, 1.54) is 17.8 Å². The Morgan fingerprint density at radius 1 is 1.02 bits per heavy atom. The van der Waals surface area contributed by atoms with E-state index in [1.807, 2.05) is 56.5 Å². The summed E-state index contributed by atoms with van der Waals surface area (Å²) in [6, 6.07) is 11.7. The van der Waals surface area contributed by atoms with E-state index in [2.05, 4.69) is 25.8 Å². The number of fused-ring (bicyclic) bond motifs is 2. The number of rotatable bonds is 11. The fraction of sp³-hybridized carbons (Fsp3) is 0.514. The predicted octanol–water partition coefficient (Wildman–Crippen LogP) is 3.28. The minimum Gasteiger partial charge on any atom is -0.389 e. The third kappa shape index (κ3) is 8.94. The number of carbonyl (C=O) groups is 4. The van der Waals surface area contributed by atoms with E-state index in [0.717, 1.165) is 31.1 Å². The maximum absolute atomic E-state index is 13.7. The molecule has 47 heavy (non-hydrogen) atoms. The van der Waals surface area contributed by atoms with Crippen LogP contribution in [0.4, 0.5) is 0 Å². The number of aliphatic hydroxyl groups excluding tert-OH is 1. The molecule has 1 aliphatic heterocycles. The van der Waals surface area contributed by atoms with Crippen molar-refractivity contribution in [3.63, 3.8) is 0 Å². The zero-order valence-electron chi connectivity index (χ0n) is 27.3. The summed E-state index contributed by atoms with van der Waals surface area (Å²) in [5.74, 6) is -1.21. The topological polar surface area (TPSA) is 167 Å². The predicted molar refractivity (Wildman–Crippen MR) is 181 cm³/mol. The van der Waals surface area contributed by atoms with Gasteiger partial charge in [0, 0.05) is 28.9 Å². The number of amides is 4. The van der Waals surface area contributed by atoms with Crippen molar-refractivity contribution in [3.8, 4) is 0 Å². The zero-order chi connectivity index (χ0) is 33.7. The first-order valence-corrected chi connectivity index (χ1v) is 17.3. The normalized spacial score (nSPS) is 22.0. The van der Waals surface area contributed by atoms with Crippen LogP contribution in [0.2, 0.25) is 0 Å². The van der Waals surface area contributed by atoms with E-state index >= 15 is 0 Å². The molecule has 4 amide bonds. The lowest BCUT2D eigenvalue weighted by atomic mass is 9.72. The first kappa shape index (κ1) is 34.5. The molecule has 12 heteroatoms. The number of nitrogens with zero attached hydrogens (tertiary/aromatic N) is 2. The maximum Gasteiger partial charge on any atom is 0.270 e. The Morgan fingerprint density at radius 2 is 1.77 bits per heavy atom. The van der Waals surface area contributed by atoms with Gasteiger partial charge in [-0.05, 0) is 69.0 Å². The van der Waals surface area contributed by atoms with Crippen molar-refractivity contribution in [2.75, 3.05) is 13.1 Å². The van der Waals surface area contributed by atoms with Crippen molar-refractivity contribution < 1.29 is 24.3 Å². The molecule has 2 fully saturated rings. The summed E-state index contributed by atoms with van der Waals surface area (Å²) >= 11 is 1.37. The molecule has 1 saturated carbocycles. The van der Waals surface area contributed by atoms with Crippen LogP contribution in [0.3, 0.4) is 0 Å². The minimum absolute atomic E-state index is 0.0584. The van der Waals surface area contributed by atoms with E-state index in [0.29, 0.717) is 28.8 Å². The highest BCUT2D eigenvalue weighted by atomic mass is 32.1. The summed E-state index contributed by atoms with van der Waals surface area (Å²) in [7, 11) is 0. The van der Waals surface area contributed by atoms with Crippen LogP contribution >= 0.6 is 11.3 Å². The Labute approximate surface area is 279 Å². The van der Waals surface area contributed by atoms with Gasteiger partial charge >= 0.3 is 0 Å². The molecule has 11 nitrogen and oxygen atoms in total. The van der Waals surface area contributed by atoms with Gasteiger partial charge in [-0.2, -0.15) is 0 Å². The standard InChI is InChI=1S/C35H46N6O5S/c1-35(2,3)40-34(46)27-17-22-10-4-5-11-23(22)19-41(27)20-28(42)31(29-13-8-16-47-29)39-33(45)26(18-30(36)43)38-32(44)25-15-14-21-9-6-7-12-24(21)37-25/h6-9,12-16,22-23,26-28,31,42H,4-5,10-11,17-20H2,1-3H3,(H2,36,43)(H,38,44)(H,39,45)(H,40,46)/t22-,23+,26-,27-,28+,31+/m0/s1. The van der Waals surface area contributed by atoms with Crippen molar-refractivity contribution in [1.82, 2.24) is 25.8 Å². The van der Waals surface area contributed by atoms with Gasteiger partial charge in [0.25, 0.3) is 5.91 Å². The number of para-hydroxylation sites is 1. The number of pyridine rings is 1. The molecular weight excluding hydrogens is 616 g/mol. The summed E-state index contributed by atoms with van der Waals surface area (Å²) in [5, 5.41) is 23.1. The summed E-state index contributed by atoms with van der Waals surface area (Å²) in [6.45, 7) is 6.71. The third-order valence-corrected chi connectivity index (χ3v) is 10.1. The Balaban J connectivity index is 1.34. The fourth-order valence-electron chi connectivity index (χ4n) is 6.89. The molecule has 6 atom stereocenters. The molecule has 3 aromatic rings. The number of aliphatic hydroxyl groups is 1. The first-order valence-electron chi connectivity index (χ1n) is 16.4. The highest BCUT2D eigenvalue weighted by molar-refractivity contribution is 7.10. The van der Waals surface area contributed by atoms with Crippen LogP contribution in [-0.4, -0.2) is 75.4 Å². The van der Waals surface area contributed by atoms with Gasteiger partial charge in [0.1, 0.15) is 11.7 Å². The molecule has 0 bridgehead atoms. The molecule has 6 N–H and O–H groups in total. The van der Waals surface area contributed by atoms with E-state index in [1.54, 1.807) is 18.2 Å². The number of hydrogen-bond acceptors (Lipinski definition) is 8. The quantitative estimate of drug-likeness (QED) is 0.210. The lowest BCUT2D eigenvalue weighted by Gasteiger charge is -2.47. The minimum atomic E-state index is -1.30. The second-order valence-electron chi connectivity index (χ2n) is 13.9. The van der Waals surface area contributed by atoms with Crippen molar-refractivity contribution in [2.45, 2.75) is 89.1 Å². The number of aromatic nitrogens is 1. The van der Waals surface area contributed by atoms with Crippen molar-refractivity contribution >= 4 is 45.9 Å². The van der Waals surface area contributed by atoms with Crippen molar-refractivity contribution in [1.29, 1.82) is 0 Å². The van der Waals surface area contributed by atoms with Gasteiger partial charge < -0.3 is 26.8 Å². The van der Waals surface area contributed by atoms with Crippen LogP contribution < -0.4 is 21.7 Å². The number of carbonyl (C=O) groups excluding carboxylic acids is 4. The number of thiophene rings is 1. The van der Waals surface area contributed by atoms with Gasteiger partial charge in [-0.15, -0.1) is 11.3 Å². The highest BCUT2D eigenvalue weighted by Crippen LogP contribution is 2.39. The molecular formula is C35H46N6O5S. The number of nitrogens with two attached hydrogens (primary N) is 1. The molecule has 0 radical (unpaired) electrons. The average molecular weight is 663 g/mol. The highest BCUT2D eigenvalue weighted by Gasteiger charge is 2.42. The number of piperidine rings is 1. The average Bonchev–Trinajstić information content (AvgIpc) is 3.56. The fourth-order valence-corrected chi connectivity index (χ4v) is 7.72. The zero-order valence-corrected chi connectivity index (χ0v) is 28.1. The molecule has 2 aliphatic rings. The number of β-amino-alcohol motifs (C(OH)–C–C–N with tert-alkyl or cyclic N) is 1. The Kier molecular flexibility index (Phi) is 10.9. The van der Waals surface area contributed by atoms with Crippen LogP contribution in [0.15, 0.2) is 53.9 Å². The van der Waals surface area contributed by atoms with E-state index < -0.39 is 53.9 Å². The van der Waals surface area contributed by atoms with Crippen LogP contribution in [0, 0.1) is 11.8 Å². The van der Waals surface area contributed by atoms with Gasteiger partial charge in [-0.1, -0.05) is 49.6 Å². The van der Waals surface area contributed by atoms with Crippen LogP contribution in [-0.2, 0) is 14.4 Å². The Morgan fingerprint density at radius 3 is 2.47 bits per heavy atom. The van der Waals surface area contributed by atoms with Gasteiger partial charge in [0.05, 0.1) is 30.1 Å². The van der Waals surface area contributed by atoms with Gasteiger partial charge in [-0.25, -0.2) is 4.98 Å². The first-order chi connectivity index (χ1) is 22.4. The largest absolute Gasteiger partial charge is 0.389 e. The van der Waals surface area contributed by atoms with E-state index in [9.17, 15) is 24.3 Å². The molecule has 1 saturated heterocycles. The van der Waals surface area contributed by atoms with Crippen molar-refractivity contribution in [3.05, 3.63) is 64.5 Å². The van der Waals surface area contributed by atoms with Gasteiger partial charge in [0.2, 0.25) is 17.7 Å².